The van der Waals surface area contributed by atoms with Crippen molar-refractivity contribution in [3.05, 3.63) is 176 Å². The Kier molecular flexibility index (Phi) is 6.39. The lowest BCUT2D eigenvalue weighted by atomic mass is 9.83. The fourth-order valence-electron chi connectivity index (χ4n) is 7.11. The minimum atomic E-state index is -1.15. The van der Waals surface area contributed by atoms with E-state index in [9.17, 15) is 18.4 Å². The number of pyridine rings is 1. The van der Waals surface area contributed by atoms with Crippen molar-refractivity contribution in [3.8, 4) is 5.75 Å². The first-order chi connectivity index (χ1) is 22.4. The van der Waals surface area contributed by atoms with Crippen LogP contribution in [0.5, 0.6) is 5.75 Å². The highest BCUT2D eigenvalue weighted by molar-refractivity contribution is 5.96. The maximum atomic E-state index is 15.5. The van der Waals surface area contributed by atoms with Crippen LogP contribution in [0.2, 0.25) is 0 Å². The molecule has 3 aliphatic rings. The molecular formula is C37H26F3N3O3. The Morgan fingerprint density at radius 1 is 0.804 bits per heavy atom. The predicted octanol–water partition coefficient (Wildman–Crippen LogP) is 6.29. The van der Waals surface area contributed by atoms with E-state index in [-0.39, 0.29) is 36.8 Å². The standard InChI is InChI=1S/C37H26F3N3O3/c38-27-11-6-9-24(17-27)20-41-22-43(42-16-15-32(44)35(34(42)36(41)45)46-21-23-7-2-1-3-8-23)37-26(18-25-10-4-5-12-29(25)37)19-28-30(37)13-14-31(39)33(28)40/h1-17,19H,18,20-22H2. The van der Waals surface area contributed by atoms with Crippen LogP contribution in [-0.4, -0.2) is 22.2 Å². The van der Waals surface area contributed by atoms with Crippen molar-refractivity contribution in [2.75, 3.05) is 11.7 Å². The zero-order valence-corrected chi connectivity index (χ0v) is 24.4. The minimum absolute atomic E-state index is 0.0137. The number of carbonyl (C=O) groups is 1. The number of nitrogens with zero attached hydrogens (tertiary/aromatic N) is 3. The fourth-order valence-corrected chi connectivity index (χ4v) is 7.11. The molecule has 5 aromatic rings. The molecule has 1 aromatic heterocycles. The molecule has 0 saturated heterocycles. The lowest BCUT2D eigenvalue weighted by molar-refractivity contribution is 0.0649. The number of carbonyl (C=O) groups excluding carboxylic acids is 1. The van der Waals surface area contributed by atoms with Crippen LogP contribution in [0.1, 0.15) is 43.9 Å². The van der Waals surface area contributed by atoms with E-state index in [1.165, 1.54) is 29.3 Å². The Morgan fingerprint density at radius 2 is 1.59 bits per heavy atom. The molecule has 0 saturated carbocycles. The van der Waals surface area contributed by atoms with E-state index in [4.69, 9.17) is 4.74 Å². The van der Waals surface area contributed by atoms with E-state index in [0.29, 0.717) is 17.5 Å². The molecule has 46 heavy (non-hydrogen) atoms. The summed E-state index contributed by atoms with van der Waals surface area (Å²) >= 11 is 0. The van der Waals surface area contributed by atoms with E-state index >= 15 is 4.39 Å². The third-order valence-electron chi connectivity index (χ3n) is 9.06. The van der Waals surface area contributed by atoms with Gasteiger partial charge in [-0.25, -0.2) is 13.2 Å². The number of hydrogen-bond donors (Lipinski definition) is 0. The summed E-state index contributed by atoms with van der Waals surface area (Å²) < 4.78 is 52.1. The van der Waals surface area contributed by atoms with Gasteiger partial charge in [0.15, 0.2) is 23.1 Å². The predicted molar refractivity (Wildman–Crippen MR) is 166 cm³/mol. The van der Waals surface area contributed by atoms with Gasteiger partial charge in [0, 0.05) is 24.4 Å². The molecule has 1 amide bonds. The SMILES string of the molecule is O=C1c2c(OCc3ccccc3)c(=O)ccn2N(C23C(=Cc4c2ccc(F)c4F)Cc2ccccc23)CN1Cc1cccc(F)c1. The average molecular weight is 618 g/mol. The lowest BCUT2D eigenvalue weighted by Crippen LogP contribution is -2.62. The number of ether oxygens (including phenoxy) is 1. The normalized spacial score (nSPS) is 17.7. The molecule has 0 N–H and O–H groups in total. The topological polar surface area (TPSA) is 54.8 Å². The molecule has 8 rings (SSSR count). The van der Waals surface area contributed by atoms with Crippen molar-refractivity contribution in [1.82, 2.24) is 9.58 Å². The highest BCUT2D eigenvalue weighted by Gasteiger charge is 2.56. The molecule has 4 aromatic carbocycles. The summed E-state index contributed by atoms with van der Waals surface area (Å²) in [5.41, 5.74) is 3.01. The fraction of sp³-hybridized carbons (Fsp3) is 0.135. The maximum absolute atomic E-state index is 15.5. The second kappa shape index (κ2) is 10.5. The van der Waals surface area contributed by atoms with E-state index in [1.54, 1.807) is 29.0 Å². The van der Waals surface area contributed by atoms with Crippen molar-refractivity contribution in [1.29, 1.82) is 0 Å². The first kappa shape index (κ1) is 27.9. The molecule has 1 aliphatic heterocycles. The largest absolute Gasteiger partial charge is 0.482 e. The number of aromatic nitrogens is 1. The van der Waals surface area contributed by atoms with Crippen molar-refractivity contribution >= 4 is 12.0 Å². The summed E-state index contributed by atoms with van der Waals surface area (Å²) in [6.07, 6.45) is 3.68. The van der Waals surface area contributed by atoms with Crippen molar-refractivity contribution in [2.24, 2.45) is 0 Å². The van der Waals surface area contributed by atoms with Gasteiger partial charge < -0.3 is 9.64 Å². The van der Waals surface area contributed by atoms with Gasteiger partial charge in [0.2, 0.25) is 5.43 Å². The molecule has 0 radical (unpaired) electrons. The van der Waals surface area contributed by atoms with Crippen LogP contribution in [0.15, 0.2) is 114 Å². The molecule has 2 aliphatic carbocycles. The third kappa shape index (κ3) is 4.11. The minimum Gasteiger partial charge on any atom is -0.482 e. The third-order valence-corrected chi connectivity index (χ3v) is 9.06. The molecular weight excluding hydrogens is 591 g/mol. The van der Waals surface area contributed by atoms with Crippen molar-refractivity contribution in [3.63, 3.8) is 0 Å². The number of hydrogen-bond acceptors (Lipinski definition) is 4. The Bertz CT molecular complexity index is 2150. The molecule has 1 atom stereocenters. The van der Waals surface area contributed by atoms with E-state index < -0.39 is 34.3 Å². The summed E-state index contributed by atoms with van der Waals surface area (Å²) in [5.74, 6) is -2.98. The van der Waals surface area contributed by atoms with Crippen LogP contribution in [0, 0.1) is 17.5 Å². The van der Waals surface area contributed by atoms with Crippen LogP contribution in [0.4, 0.5) is 13.2 Å². The lowest BCUT2D eigenvalue weighted by Gasteiger charge is -2.49. The van der Waals surface area contributed by atoms with Crippen LogP contribution in [-0.2, 0) is 25.1 Å². The number of amides is 1. The van der Waals surface area contributed by atoms with Gasteiger partial charge in [-0.05, 0) is 64.1 Å². The zero-order valence-electron chi connectivity index (χ0n) is 24.4. The first-order valence-corrected chi connectivity index (χ1v) is 14.9. The van der Waals surface area contributed by atoms with Crippen molar-refractivity contribution < 1.29 is 22.7 Å². The van der Waals surface area contributed by atoms with E-state index in [2.05, 4.69) is 0 Å². The van der Waals surface area contributed by atoms with Gasteiger partial charge >= 0.3 is 0 Å². The summed E-state index contributed by atoms with van der Waals surface area (Å²) in [4.78, 5) is 29.3. The van der Waals surface area contributed by atoms with Crippen LogP contribution in [0.3, 0.4) is 0 Å². The Hall–Kier alpha value is -5.57. The van der Waals surface area contributed by atoms with Crippen LogP contribution < -0.4 is 15.2 Å². The smallest absolute Gasteiger partial charge is 0.278 e. The molecule has 0 bridgehead atoms. The Morgan fingerprint density at radius 3 is 2.41 bits per heavy atom. The number of fused-ring (bicyclic) bond motifs is 6. The molecule has 9 heteroatoms. The highest BCUT2D eigenvalue weighted by Crippen LogP contribution is 2.56. The first-order valence-electron chi connectivity index (χ1n) is 14.9. The van der Waals surface area contributed by atoms with Gasteiger partial charge in [-0.3, -0.25) is 19.3 Å². The second-order valence-electron chi connectivity index (χ2n) is 11.7. The quantitative estimate of drug-likeness (QED) is 0.225. The van der Waals surface area contributed by atoms with Crippen LogP contribution >= 0.6 is 0 Å². The molecule has 1 unspecified atom stereocenters. The summed E-state index contributed by atoms with van der Waals surface area (Å²) in [6.45, 7) is 0.0416. The maximum Gasteiger partial charge on any atom is 0.278 e. The number of benzene rings is 4. The molecule has 6 nitrogen and oxygen atoms in total. The van der Waals surface area contributed by atoms with Gasteiger partial charge in [-0.15, -0.1) is 0 Å². The van der Waals surface area contributed by atoms with E-state index in [1.807, 2.05) is 59.6 Å². The monoisotopic (exact) mass is 617 g/mol. The van der Waals surface area contributed by atoms with Crippen LogP contribution in [0.25, 0.3) is 6.08 Å². The Balaban J connectivity index is 1.36. The summed E-state index contributed by atoms with van der Waals surface area (Å²) in [5, 5.41) is 1.90. The van der Waals surface area contributed by atoms with Gasteiger partial charge in [-0.1, -0.05) is 72.8 Å². The summed E-state index contributed by atoms with van der Waals surface area (Å²) in [7, 11) is 0. The van der Waals surface area contributed by atoms with Crippen molar-refractivity contribution in [2.45, 2.75) is 25.1 Å². The van der Waals surface area contributed by atoms with Gasteiger partial charge in [0.25, 0.3) is 5.91 Å². The average Bonchev–Trinajstić information content (AvgIpc) is 3.56. The second-order valence-corrected chi connectivity index (χ2v) is 11.7. The molecule has 0 fully saturated rings. The van der Waals surface area contributed by atoms with E-state index in [0.717, 1.165) is 28.3 Å². The molecule has 2 heterocycles. The summed E-state index contributed by atoms with van der Waals surface area (Å²) in [6, 6.07) is 27.1. The number of rotatable bonds is 6. The number of halogens is 3. The zero-order chi connectivity index (χ0) is 31.6. The molecule has 0 spiro atoms. The van der Waals surface area contributed by atoms with Gasteiger partial charge in [-0.2, -0.15) is 0 Å². The molecule has 228 valence electrons. The van der Waals surface area contributed by atoms with Gasteiger partial charge in [0.05, 0.1) is 0 Å². The Labute approximate surface area is 262 Å². The highest BCUT2D eigenvalue weighted by atomic mass is 19.2. The van der Waals surface area contributed by atoms with Gasteiger partial charge in [0.1, 0.15) is 24.6 Å².